The molecule has 2 aromatic rings. The van der Waals surface area contributed by atoms with Gasteiger partial charge < -0.3 is 31.1 Å². The van der Waals surface area contributed by atoms with Crippen molar-refractivity contribution >= 4 is 23.2 Å². The zero-order valence-corrected chi connectivity index (χ0v) is 17.3. The molecule has 2 aromatic carbocycles. The summed E-state index contributed by atoms with van der Waals surface area (Å²) in [5.74, 6) is -1.20. The predicted molar refractivity (Wildman–Crippen MR) is 117 cm³/mol. The molecule has 2 heterocycles. The Morgan fingerprint density at radius 3 is 2.35 bits per heavy atom. The number of amides is 2. The maximum atomic E-state index is 12.6. The van der Waals surface area contributed by atoms with Crippen LogP contribution >= 0.6 is 0 Å². The van der Waals surface area contributed by atoms with E-state index < -0.39 is 24.0 Å². The number of para-hydroxylation sites is 2. The third kappa shape index (κ3) is 4.50. The summed E-state index contributed by atoms with van der Waals surface area (Å²) < 4.78 is 0. The Labute approximate surface area is 181 Å². The minimum Gasteiger partial charge on any atom is -0.397 e. The highest BCUT2D eigenvalue weighted by molar-refractivity contribution is 5.91. The third-order valence-electron chi connectivity index (χ3n) is 6.10. The molecule has 8 heteroatoms. The summed E-state index contributed by atoms with van der Waals surface area (Å²) in [5.41, 5.74) is 9.75. The van der Waals surface area contributed by atoms with Gasteiger partial charge in [-0.25, -0.2) is 0 Å². The number of carbonyl (C=O) groups excluding carboxylic acids is 2. The number of hydrogen-bond acceptors (Lipinski definition) is 6. The molecule has 2 aliphatic rings. The largest absolute Gasteiger partial charge is 0.397 e. The van der Waals surface area contributed by atoms with Crippen molar-refractivity contribution in [3.63, 3.8) is 0 Å². The smallest absolute Gasteiger partial charge is 0.255 e. The van der Waals surface area contributed by atoms with Crippen molar-refractivity contribution in [1.29, 1.82) is 0 Å². The molecule has 0 bridgehead atoms. The number of hydrogen-bond donors (Lipinski definition) is 4. The van der Waals surface area contributed by atoms with Crippen molar-refractivity contribution in [3.05, 3.63) is 59.7 Å². The van der Waals surface area contributed by atoms with Crippen molar-refractivity contribution in [1.82, 2.24) is 10.2 Å². The van der Waals surface area contributed by atoms with Crippen molar-refractivity contribution in [2.24, 2.45) is 5.92 Å². The second-order valence-corrected chi connectivity index (χ2v) is 8.26. The summed E-state index contributed by atoms with van der Waals surface area (Å²) in [6, 6.07) is 15.3. The van der Waals surface area contributed by atoms with Crippen LogP contribution in [0.4, 0.5) is 11.4 Å². The number of rotatable bonds is 6. The van der Waals surface area contributed by atoms with E-state index in [1.54, 1.807) is 0 Å². The van der Waals surface area contributed by atoms with E-state index in [-0.39, 0.29) is 5.92 Å². The molecule has 5 N–H and O–H groups in total. The van der Waals surface area contributed by atoms with Gasteiger partial charge in [0.25, 0.3) is 11.8 Å². The number of carbonyl (C=O) groups is 2. The van der Waals surface area contributed by atoms with Gasteiger partial charge in [-0.15, -0.1) is 0 Å². The molecule has 1 fully saturated rings. The lowest BCUT2D eigenvalue weighted by atomic mass is 10.1. The first-order chi connectivity index (χ1) is 14.9. The molecule has 1 unspecified atom stereocenters. The minimum atomic E-state index is -1.81. The quantitative estimate of drug-likeness (QED) is 0.501. The molecular weight excluding hydrogens is 396 g/mol. The van der Waals surface area contributed by atoms with Crippen LogP contribution < -0.4 is 16.0 Å². The summed E-state index contributed by atoms with van der Waals surface area (Å²) in [7, 11) is 0. The predicted octanol–water partition coefficient (Wildman–Crippen LogP) is 0.476. The van der Waals surface area contributed by atoms with Crippen molar-refractivity contribution < 1.29 is 19.8 Å². The van der Waals surface area contributed by atoms with Crippen LogP contribution in [0.2, 0.25) is 0 Å². The molecule has 2 aliphatic heterocycles. The Balaban J connectivity index is 1.26. The van der Waals surface area contributed by atoms with Crippen LogP contribution in [0.3, 0.4) is 0 Å². The van der Waals surface area contributed by atoms with Gasteiger partial charge >= 0.3 is 0 Å². The molecule has 0 aliphatic carbocycles. The van der Waals surface area contributed by atoms with Crippen molar-refractivity contribution in [2.75, 3.05) is 30.3 Å². The molecule has 2 amide bonds. The molecule has 0 saturated carbocycles. The maximum Gasteiger partial charge on any atom is 0.255 e. The van der Waals surface area contributed by atoms with E-state index in [2.05, 4.69) is 10.2 Å². The molecule has 0 aromatic heterocycles. The Kier molecular flexibility index (Phi) is 6.11. The van der Waals surface area contributed by atoms with Gasteiger partial charge in [0.2, 0.25) is 0 Å². The van der Waals surface area contributed by atoms with E-state index in [1.807, 2.05) is 48.5 Å². The molecule has 0 spiro atoms. The highest BCUT2D eigenvalue weighted by Gasteiger charge is 2.36. The van der Waals surface area contributed by atoms with E-state index in [1.165, 1.54) is 4.90 Å². The van der Waals surface area contributed by atoms with E-state index in [4.69, 9.17) is 5.73 Å². The van der Waals surface area contributed by atoms with Gasteiger partial charge in [0.05, 0.1) is 11.4 Å². The number of aliphatic hydroxyl groups is 2. The average Bonchev–Trinajstić information content (AvgIpc) is 3.43. The van der Waals surface area contributed by atoms with Crippen LogP contribution in [0.25, 0.3) is 0 Å². The van der Waals surface area contributed by atoms with E-state index in [0.717, 1.165) is 36.3 Å². The van der Waals surface area contributed by atoms with Crippen LogP contribution in [0.1, 0.15) is 17.5 Å². The maximum absolute atomic E-state index is 12.6. The monoisotopic (exact) mass is 424 g/mol. The van der Waals surface area contributed by atoms with E-state index >= 15 is 0 Å². The van der Waals surface area contributed by atoms with Gasteiger partial charge in [-0.1, -0.05) is 36.4 Å². The topological polar surface area (TPSA) is 119 Å². The lowest BCUT2D eigenvalue weighted by Gasteiger charge is -2.23. The number of aliphatic hydroxyl groups excluding tert-OH is 2. The van der Waals surface area contributed by atoms with Crippen LogP contribution in [0.5, 0.6) is 0 Å². The second kappa shape index (κ2) is 8.95. The van der Waals surface area contributed by atoms with Gasteiger partial charge in [-0.05, 0) is 35.6 Å². The standard InChI is InChI=1S/C23H28N4O4/c24-18-7-3-4-8-19(18)26-10-9-15(12-26)11-25-22(30)20(28)21(29)23(31)27-13-16-5-1-2-6-17(16)14-27/h1-8,15,20-21,28-29H,9-14,24H2,(H,25,30)/t15?,20-,21-/m1/s1. The highest BCUT2D eigenvalue weighted by Crippen LogP contribution is 2.28. The number of nitrogens with zero attached hydrogens (tertiary/aromatic N) is 2. The van der Waals surface area contributed by atoms with Gasteiger partial charge in [-0.3, -0.25) is 9.59 Å². The van der Waals surface area contributed by atoms with Crippen molar-refractivity contribution in [2.45, 2.75) is 31.7 Å². The summed E-state index contributed by atoms with van der Waals surface area (Å²) in [5, 5.41) is 23.2. The lowest BCUT2D eigenvalue weighted by molar-refractivity contribution is -0.153. The Hall–Kier alpha value is -3.10. The first-order valence-electron chi connectivity index (χ1n) is 10.5. The number of anilines is 2. The number of nitrogens with one attached hydrogen (secondary N) is 1. The Bertz CT molecular complexity index is 941. The van der Waals surface area contributed by atoms with E-state index in [9.17, 15) is 19.8 Å². The van der Waals surface area contributed by atoms with Crippen LogP contribution in [0, 0.1) is 5.92 Å². The summed E-state index contributed by atoms with van der Waals surface area (Å²) in [6.07, 6.45) is -2.73. The fraction of sp³-hybridized carbons (Fsp3) is 0.391. The highest BCUT2D eigenvalue weighted by atomic mass is 16.3. The van der Waals surface area contributed by atoms with Gasteiger partial charge in [0.1, 0.15) is 0 Å². The molecule has 4 rings (SSSR count). The average molecular weight is 425 g/mol. The fourth-order valence-electron chi connectivity index (χ4n) is 4.30. The third-order valence-corrected chi connectivity index (χ3v) is 6.10. The normalized spacial score (nSPS) is 19.7. The van der Waals surface area contributed by atoms with Crippen molar-refractivity contribution in [3.8, 4) is 0 Å². The molecule has 0 radical (unpaired) electrons. The minimum absolute atomic E-state index is 0.191. The number of fused-ring (bicyclic) bond motifs is 1. The van der Waals surface area contributed by atoms with Crippen LogP contribution in [-0.2, 0) is 22.7 Å². The molecule has 31 heavy (non-hydrogen) atoms. The zero-order chi connectivity index (χ0) is 22.0. The molecule has 8 nitrogen and oxygen atoms in total. The van der Waals surface area contributed by atoms with E-state index in [0.29, 0.717) is 25.3 Å². The van der Waals surface area contributed by atoms with Crippen LogP contribution in [0.15, 0.2) is 48.5 Å². The summed E-state index contributed by atoms with van der Waals surface area (Å²) in [4.78, 5) is 28.6. The fourth-order valence-corrected chi connectivity index (χ4v) is 4.30. The van der Waals surface area contributed by atoms with Gasteiger partial charge in [-0.2, -0.15) is 0 Å². The molecule has 164 valence electrons. The number of nitrogens with two attached hydrogens (primary N) is 1. The first-order valence-corrected chi connectivity index (χ1v) is 10.5. The first kappa shape index (κ1) is 21.1. The van der Waals surface area contributed by atoms with Gasteiger partial charge in [0, 0.05) is 32.7 Å². The molecule has 3 atom stereocenters. The van der Waals surface area contributed by atoms with Crippen LogP contribution in [-0.4, -0.2) is 58.8 Å². The SMILES string of the molecule is Nc1ccccc1N1CCC(CNC(=O)[C@H](O)[C@@H](O)C(=O)N2Cc3ccccc3C2)C1. The summed E-state index contributed by atoms with van der Waals surface area (Å²) >= 11 is 0. The zero-order valence-electron chi connectivity index (χ0n) is 17.3. The number of nitrogen functional groups attached to an aromatic ring is 1. The Morgan fingerprint density at radius 1 is 1.03 bits per heavy atom. The second-order valence-electron chi connectivity index (χ2n) is 8.26. The molecular formula is C23H28N4O4. The number of benzene rings is 2. The molecule has 1 saturated heterocycles. The Morgan fingerprint density at radius 2 is 1.68 bits per heavy atom. The van der Waals surface area contributed by atoms with Gasteiger partial charge in [0.15, 0.2) is 12.2 Å². The lowest BCUT2D eigenvalue weighted by Crippen LogP contribution is -2.50. The summed E-state index contributed by atoms with van der Waals surface area (Å²) in [6.45, 7) is 2.64.